The molecule has 118 valence electrons. The molecule has 1 aromatic heterocycles. The molecule has 2 aliphatic carbocycles. The van der Waals surface area contributed by atoms with Crippen molar-refractivity contribution >= 4 is 11.3 Å². The van der Waals surface area contributed by atoms with E-state index in [2.05, 4.69) is 46.9 Å². The lowest BCUT2D eigenvalue weighted by molar-refractivity contribution is 0.0246. The van der Waals surface area contributed by atoms with E-state index in [0.29, 0.717) is 10.8 Å². The van der Waals surface area contributed by atoms with E-state index in [1.165, 1.54) is 47.7 Å². The number of hydrogen-bond acceptors (Lipinski definition) is 3. The van der Waals surface area contributed by atoms with Gasteiger partial charge in [0.05, 0.1) is 11.2 Å². The predicted molar refractivity (Wildman–Crippen MR) is 90.8 cm³/mol. The van der Waals surface area contributed by atoms with Crippen molar-refractivity contribution < 1.29 is 0 Å². The van der Waals surface area contributed by atoms with E-state index in [4.69, 9.17) is 4.98 Å². The summed E-state index contributed by atoms with van der Waals surface area (Å²) < 4.78 is 0. The van der Waals surface area contributed by atoms with Gasteiger partial charge in [-0.3, -0.25) is 0 Å². The normalized spacial score (nSPS) is 26.8. The van der Waals surface area contributed by atoms with Gasteiger partial charge in [-0.25, -0.2) is 4.98 Å². The van der Waals surface area contributed by atoms with Gasteiger partial charge >= 0.3 is 0 Å². The van der Waals surface area contributed by atoms with Gasteiger partial charge in [-0.1, -0.05) is 27.7 Å². The number of rotatable bonds is 3. The summed E-state index contributed by atoms with van der Waals surface area (Å²) in [6.07, 6.45) is 6.41. The molecule has 0 aliphatic heterocycles. The van der Waals surface area contributed by atoms with E-state index in [1.54, 1.807) is 0 Å². The van der Waals surface area contributed by atoms with Crippen LogP contribution in [0.3, 0.4) is 0 Å². The lowest BCUT2D eigenvalue weighted by atomic mass is 9.58. The van der Waals surface area contributed by atoms with E-state index in [0.717, 1.165) is 6.04 Å². The fourth-order valence-electron chi connectivity index (χ4n) is 4.73. The zero-order valence-corrected chi connectivity index (χ0v) is 15.3. The molecule has 0 radical (unpaired) electrons. The second kappa shape index (κ2) is 4.79. The maximum atomic E-state index is 4.97. The number of aryl methyl sites for hydroxylation is 2. The lowest BCUT2D eigenvalue weighted by Gasteiger charge is -2.51. The molecule has 0 bridgehead atoms. The Bertz CT molecular complexity index is 502. The van der Waals surface area contributed by atoms with Crippen LogP contribution >= 0.6 is 11.3 Å². The SMILES string of the molecule is Cc1nc(C2(NC3CC3)CC(C)(C)CC(C)(C)C2)sc1C. The third kappa shape index (κ3) is 3.19. The van der Waals surface area contributed by atoms with Gasteiger partial charge in [-0.05, 0) is 56.8 Å². The Kier molecular flexibility index (Phi) is 3.53. The molecular weight excluding hydrogens is 276 g/mol. The maximum absolute atomic E-state index is 4.97. The molecule has 1 heterocycles. The first-order chi connectivity index (χ1) is 9.61. The number of nitrogens with one attached hydrogen (secondary N) is 1. The highest BCUT2D eigenvalue weighted by Gasteiger charge is 2.51. The molecule has 1 aromatic rings. The standard InChI is InChI=1S/C18H30N2S/c1-12-13(2)21-15(19-12)18(20-14-7-8-14)10-16(3,4)9-17(5,6)11-18/h14,20H,7-11H2,1-6H3. The highest BCUT2D eigenvalue weighted by atomic mass is 32.1. The highest BCUT2D eigenvalue weighted by molar-refractivity contribution is 7.11. The number of hydrogen-bond donors (Lipinski definition) is 1. The average Bonchev–Trinajstić information content (AvgIpc) is 3.00. The van der Waals surface area contributed by atoms with Gasteiger partial charge in [0.2, 0.25) is 0 Å². The molecule has 0 saturated heterocycles. The Morgan fingerprint density at radius 1 is 1.00 bits per heavy atom. The second-order valence-electron chi connectivity index (χ2n) is 9.02. The molecule has 2 nitrogen and oxygen atoms in total. The number of aromatic nitrogens is 1. The first kappa shape index (κ1) is 15.5. The fraction of sp³-hybridized carbons (Fsp3) is 0.833. The highest BCUT2D eigenvalue weighted by Crippen LogP contribution is 2.55. The van der Waals surface area contributed by atoms with Gasteiger partial charge in [-0.15, -0.1) is 11.3 Å². The van der Waals surface area contributed by atoms with E-state index >= 15 is 0 Å². The molecule has 3 rings (SSSR count). The molecule has 2 fully saturated rings. The van der Waals surface area contributed by atoms with Crippen LogP contribution in [0.4, 0.5) is 0 Å². The van der Waals surface area contributed by atoms with Crippen LogP contribution in [-0.4, -0.2) is 11.0 Å². The lowest BCUT2D eigenvalue weighted by Crippen LogP contribution is -2.53. The second-order valence-corrected chi connectivity index (χ2v) is 10.2. The average molecular weight is 307 g/mol. The maximum Gasteiger partial charge on any atom is 0.113 e. The van der Waals surface area contributed by atoms with Crippen molar-refractivity contribution in [3.63, 3.8) is 0 Å². The van der Waals surface area contributed by atoms with Crippen molar-refractivity contribution in [3.8, 4) is 0 Å². The summed E-state index contributed by atoms with van der Waals surface area (Å²) in [5.41, 5.74) is 2.05. The van der Waals surface area contributed by atoms with E-state index in [-0.39, 0.29) is 5.54 Å². The van der Waals surface area contributed by atoms with E-state index < -0.39 is 0 Å². The van der Waals surface area contributed by atoms with Crippen molar-refractivity contribution in [2.45, 2.75) is 85.2 Å². The molecule has 3 heteroatoms. The quantitative estimate of drug-likeness (QED) is 0.855. The van der Waals surface area contributed by atoms with Crippen LogP contribution in [0.25, 0.3) is 0 Å². The molecule has 1 N–H and O–H groups in total. The van der Waals surface area contributed by atoms with Crippen LogP contribution in [0.15, 0.2) is 0 Å². The predicted octanol–water partition coefficient (Wildman–Crippen LogP) is 4.94. The molecule has 21 heavy (non-hydrogen) atoms. The van der Waals surface area contributed by atoms with Gasteiger partial charge in [0, 0.05) is 10.9 Å². The third-order valence-corrected chi connectivity index (χ3v) is 6.29. The zero-order valence-electron chi connectivity index (χ0n) is 14.5. The minimum absolute atomic E-state index is 0.0934. The van der Waals surface area contributed by atoms with E-state index in [9.17, 15) is 0 Å². The summed E-state index contributed by atoms with van der Waals surface area (Å²) in [7, 11) is 0. The topological polar surface area (TPSA) is 24.9 Å². The summed E-state index contributed by atoms with van der Waals surface area (Å²) in [6.45, 7) is 14.1. The van der Waals surface area contributed by atoms with Crippen molar-refractivity contribution in [2.75, 3.05) is 0 Å². The fourth-order valence-corrected chi connectivity index (χ4v) is 5.79. The Morgan fingerprint density at radius 2 is 1.57 bits per heavy atom. The summed E-state index contributed by atoms with van der Waals surface area (Å²) in [6, 6.07) is 0.721. The molecule has 0 spiro atoms. The van der Waals surface area contributed by atoms with Gasteiger partial charge in [0.15, 0.2) is 0 Å². The van der Waals surface area contributed by atoms with Gasteiger partial charge < -0.3 is 5.32 Å². The summed E-state index contributed by atoms with van der Waals surface area (Å²) in [5, 5.41) is 5.36. The van der Waals surface area contributed by atoms with Crippen LogP contribution in [0, 0.1) is 24.7 Å². The van der Waals surface area contributed by atoms with E-state index in [1.807, 2.05) is 11.3 Å². The van der Waals surface area contributed by atoms with Gasteiger partial charge in [0.25, 0.3) is 0 Å². The van der Waals surface area contributed by atoms with Crippen molar-refractivity contribution in [1.82, 2.24) is 10.3 Å². The van der Waals surface area contributed by atoms with Crippen LogP contribution in [0.5, 0.6) is 0 Å². The molecule has 0 aromatic carbocycles. The van der Waals surface area contributed by atoms with Gasteiger partial charge in [0.1, 0.15) is 5.01 Å². The van der Waals surface area contributed by atoms with Crippen molar-refractivity contribution in [2.24, 2.45) is 10.8 Å². The molecule has 0 atom stereocenters. The van der Waals surface area contributed by atoms with Crippen molar-refractivity contribution in [1.29, 1.82) is 0 Å². The third-order valence-electron chi connectivity index (χ3n) is 5.01. The zero-order chi connectivity index (χ0) is 15.5. The Hall–Kier alpha value is -0.410. The minimum Gasteiger partial charge on any atom is -0.303 e. The van der Waals surface area contributed by atoms with Crippen LogP contribution in [0.1, 0.15) is 75.4 Å². The first-order valence-corrected chi connectivity index (χ1v) is 9.15. The van der Waals surface area contributed by atoms with Crippen molar-refractivity contribution in [3.05, 3.63) is 15.6 Å². The monoisotopic (exact) mass is 306 g/mol. The molecule has 0 amide bonds. The van der Waals surface area contributed by atoms with Crippen LogP contribution in [-0.2, 0) is 5.54 Å². The largest absolute Gasteiger partial charge is 0.303 e. The van der Waals surface area contributed by atoms with Crippen LogP contribution in [0.2, 0.25) is 0 Å². The number of nitrogens with zero attached hydrogens (tertiary/aromatic N) is 1. The number of thiazole rings is 1. The summed E-state index contributed by atoms with van der Waals surface area (Å²) in [5.74, 6) is 0. The molecule has 0 unspecified atom stereocenters. The van der Waals surface area contributed by atoms with Gasteiger partial charge in [-0.2, -0.15) is 0 Å². The summed E-state index contributed by atoms with van der Waals surface area (Å²) >= 11 is 1.92. The van der Waals surface area contributed by atoms with Crippen LogP contribution < -0.4 is 5.32 Å². The first-order valence-electron chi connectivity index (χ1n) is 8.33. The molecule has 2 aliphatic rings. The Balaban J connectivity index is 2.03. The Morgan fingerprint density at radius 3 is 2.00 bits per heavy atom. The Labute approximate surface area is 133 Å². The summed E-state index contributed by atoms with van der Waals surface area (Å²) in [4.78, 5) is 6.35. The minimum atomic E-state index is 0.0934. The smallest absolute Gasteiger partial charge is 0.113 e. The molecule has 2 saturated carbocycles. The molecular formula is C18H30N2S.